The number of rotatable bonds is 4. The monoisotopic (exact) mass is 387 g/mol. The minimum absolute atomic E-state index is 0.0145. The van der Waals surface area contributed by atoms with E-state index in [9.17, 15) is 13.2 Å². The van der Waals surface area contributed by atoms with E-state index in [0.717, 1.165) is 22.4 Å². The van der Waals surface area contributed by atoms with Crippen LogP contribution in [0.2, 0.25) is 0 Å². The summed E-state index contributed by atoms with van der Waals surface area (Å²) < 4.78 is 31.3. The van der Waals surface area contributed by atoms with Crippen LogP contribution in [0.1, 0.15) is 50.3 Å². The molecule has 3 rings (SSSR count). The van der Waals surface area contributed by atoms with Crippen LogP contribution in [0.5, 0.6) is 5.75 Å². The Morgan fingerprint density at radius 2 is 1.89 bits per heavy atom. The largest absolute Gasteiger partial charge is 0.379 e. The van der Waals surface area contributed by atoms with Crippen molar-refractivity contribution in [2.24, 2.45) is 0 Å². The maximum Gasteiger partial charge on any atom is 0.339 e. The third-order valence-corrected chi connectivity index (χ3v) is 6.12. The van der Waals surface area contributed by atoms with E-state index in [2.05, 4.69) is 0 Å². The zero-order valence-electron chi connectivity index (χ0n) is 16.3. The molecule has 0 spiro atoms. The van der Waals surface area contributed by atoms with E-state index < -0.39 is 10.1 Å². The summed E-state index contributed by atoms with van der Waals surface area (Å²) in [4.78, 5) is 13.7. The van der Waals surface area contributed by atoms with Gasteiger partial charge in [-0.15, -0.1) is 0 Å². The van der Waals surface area contributed by atoms with Crippen LogP contribution in [-0.2, 0) is 21.3 Å². The van der Waals surface area contributed by atoms with Crippen LogP contribution < -0.4 is 9.08 Å². The summed E-state index contributed by atoms with van der Waals surface area (Å²) in [6.45, 7) is 9.36. The Balaban J connectivity index is 1.97. The van der Waals surface area contributed by atoms with E-state index in [1.807, 2.05) is 39.8 Å². The van der Waals surface area contributed by atoms with Crippen molar-refractivity contribution in [3.63, 3.8) is 0 Å². The number of benzene rings is 2. The van der Waals surface area contributed by atoms with Gasteiger partial charge in [-0.25, -0.2) is 0 Å². The number of hydrogen-bond donors (Lipinski definition) is 0. The molecule has 1 aliphatic heterocycles. The van der Waals surface area contributed by atoms with Crippen LogP contribution in [0.25, 0.3) is 0 Å². The molecule has 0 saturated heterocycles. The molecule has 2 aromatic carbocycles. The van der Waals surface area contributed by atoms with Crippen molar-refractivity contribution in [1.29, 1.82) is 0 Å². The molecule has 0 bridgehead atoms. The Labute approximate surface area is 161 Å². The molecule has 1 atom stereocenters. The molecule has 1 amide bonds. The first kappa shape index (κ1) is 19.4. The van der Waals surface area contributed by atoms with Gasteiger partial charge in [-0.1, -0.05) is 26.0 Å². The van der Waals surface area contributed by atoms with Gasteiger partial charge in [0.2, 0.25) is 5.91 Å². The van der Waals surface area contributed by atoms with Crippen molar-refractivity contribution in [3.05, 3.63) is 53.1 Å². The lowest BCUT2D eigenvalue weighted by Gasteiger charge is -2.20. The number of carbonyl (C=O) groups excluding carboxylic acids is 1. The number of nitrogens with zero attached hydrogens (tertiary/aromatic N) is 1. The lowest BCUT2D eigenvalue weighted by molar-refractivity contribution is -0.116. The van der Waals surface area contributed by atoms with Crippen LogP contribution in [0, 0.1) is 6.92 Å². The van der Waals surface area contributed by atoms with Gasteiger partial charge in [-0.05, 0) is 67.1 Å². The van der Waals surface area contributed by atoms with Crippen molar-refractivity contribution in [3.8, 4) is 5.75 Å². The molecule has 1 unspecified atom stereocenters. The van der Waals surface area contributed by atoms with Crippen molar-refractivity contribution >= 4 is 21.7 Å². The third-order valence-electron chi connectivity index (χ3n) is 4.89. The maximum absolute atomic E-state index is 12.9. The van der Waals surface area contributed by atoms with Gasteiger partial charge in [0.25, 0.3) is 0 Å². The first-order valence-corrected chi connectivity index (χ1v) is 10.5. The topological polar surface area (TPSA) is 63.7 Å². The highest BCUT2D eigenvalue weighted by Gasteiger charge is 2.31. The van der Waals surface area contributed by atoms with Gasteiger partial charge >= 0.3 is 10.1 Å². The smallest absolute Gasteiger partial charge is 0.339 e. The molecule has 0 saturated carbocycles. The normalized spacial score (nSPS) is 16.5. The predicted molar refractivity (Wildman–Crippen MR) is 106 cm³/mol. The molecule has 2 aromatic rings. The fourth-order valence-corrected chi connectivity index (χ4v) is 4.60. The third kappa shape index (κ3) is 3.72. The van der Waals surface area contributed by atoms with E-state index in [-0.39, 0.29) is 22.8 Å². The highest BCUT2D eigenvalue weighted by Crippen LogP contribution is 2.35. The Kier molecular flexibility index (Phi) is 5.04. The Morgan fingerprint density at radius 3 is 2.52 bits per heavy atom. The minimum atomic E-state index is -3.97. The predicted octanol–water partition coefficient (Wildman–Crippen LogP) is 4.18. The van der Waals surface area contributed by atoms with Crippen molar-refractivity contribution < 1.29 is 17.4 Å². The lowest BCUT2D eigenvalue weighted by atomic mass is 10.0. The molecular weight excluding hydrogens is 362 g/mol. The fourth-order valence-electron chi connectivity index (χ4n) is 3.60. The summed E-state index contributed by atoms with van der Waals surface area (Å²) in [5.74, 6) is 0.458. The van der Waals surface area contributed by atoms with Crippen LogP contribution in [-0.4, -0.2) is 20.4 Å². The maximum atomic E-state index is 12.9. The first-order chi connectivity index (χ1) is 12.6. The first-order valence-electron chi connectivity index (χ1n) is 9.08. The molecule has 1 heterocycles. The summed E-state index contributed by atoms with van der Waals surface area (Å²) in [6.07, 6.45) is 0.625. The number of fused-ring (bicyclic) bond motifs is 1. The Morgan fingerprint density at radius 1 is 1.19 bits per heavy atom. The van der Waals surface area contributed by atoms with Crippen LogP contribution in [0.15, 0.2) is 41.3 Å². The molecule has 1 aliphatic rings. The SMILES string of the molecule is CC(=O)N1c2ccc(S(=O)(=O)Oc3cc(C)ccc3C(C)C)cc2CC1C. The van der Waals surface area contributed by atoms with Crippen LogP contribution in [0.3, 0.4) is 0 Å². The number of aryl methyl sites for hydroxylation is 1. The highest BCUT2D eigenvalue weighted by atomic mass is 32.2. The quantitative estimate of drug-likeness (QED) is 0.738. The second kappa shape index (κ2) is 7.00. The van der Waals surface area contributed by atoms with Gasteiger partial charge in [0.15, 0.2) is 0 Å². The zero-order valence-corrected chi connectivity index (χ0v) is 17.1. The molecule has 6 heteroatoms. The van der Waals surface area contributed by atoms with Crippen molar-refractivity contribution in [1.82, 2.24) is 0 Å². The van der Waals surface area contributed by atoms with Gasteiger partial charge in [0.1, 0.15) is 10.6 Å². The van der Waals surface area contributed by atoms with Crippen LogP contribution in [0.4, 0.5) is 5.69 Å². The second-order valence-electron chi connectivity index (χ2n) is 7.47. The minimum Gasteiger partial charge on any atom is -0.379 e. The fraction of sp³-hybridized carbons (Fsp3) is 0.381. The van der Waals surface area contributed by atoms with Gasteiger partial charge in [-0.3, -0.25) is 4.79 Å². The number of amides is 1. The molecular formula is C21H25NO4S. The van der Waals surface area contributed by atoms with Gasteiger partial charge in [0.05, 0.1) is 0 Å². The average Bonchev–Trinajstić information content (AvgIpc) is 2.89. The molecule has 0 fully saturated rings. The van der Waals surface area contributed by atoms with Gasteiger partial charge < -0.3 is 9.08 Å². The summed E-state index contributed by atoms with van der Waals surface area (Å²) in [5, 5.41) is 0. The van der Waals surface area contributed by atoms with Crippen molar-refractivity contribution in [2.45, 2.75) is 57.9 Å². The molecule has 0 aromatic heterocycles. The lowest BCUT2D eigenvalue weighted by Crippen LogP contribution is -2.33. The molecule has 0 radical (unpaired) electrons. The van der Waals surface area contributed by atoms with E-state index in [4.69, 9.17) is 4.18 Å². The molecule has 0 aliphatic carbocycles. The summed E-state index contributed by atoms with van der Waals surface area (Å²) >= 11 is 0. The zero-order chi connectivity index (χ0) is 19.9. The van der Waals surface area contributed by atoms with E-state index in [1.165, 1.54) is 13.0 Å². The summed E-state index contributed by atoms with van der Waals surface area (Å²) in [5.41, 5.74) is 3.40. The number of anilines is 1. The second-order valence-corrected chi connectivity index (χ2v) is 9.01. The van der Waals surface area contributed by atoms with Crippen LogP contribution >= 0.6 is 0 Å². The van der Waals surface area contributed by atoms with E-state index >= 15 is 0 Å². The van der Waals surface area contributed by atoms with Crippen molar-refractivity contribution in [2.75, 3.05) is 4.90 Å². The summed E-state index contributed by atoms with van der Waals surface area (Å²) in [6, 6.07) is 10.4. The van der Waals surface area contributed by atoms with E-state index in [1.54, 1.807) is 23.1 Å². The van der Waals surface area contributed by atoms with Gasteiger partial charge in [-0.2, -0.15) is 8.42 Å². The highest BCUT2D eigenvalue weighted by molar-refractivity contribution is 7.87. The Hall–Kier alpha value is -2.34. The average molecular weight is 388 g/mol. The molecule has 27 heavy (non-hydrogen) atoms. The van der Waals surface area contributed by atoms with E-state index in [0.29, 0.717) is 12.2 Å². The molecule has 5 nitrogen and oxygen atoms in total. The summed E-state index contributed by atoms with van der Waals surface area (Å²) in [7, 11) is -3.97. The van der Waals surface area contributed by atoms with Gasteiger partial charge in [0, 0.05) is 18.7 Å². The number of hydrogen-bond acceptors (Lipinski definition) is 4. The standard InChI is InChI=1S/C21H25NO4S/c1-13(2)19-8-6-14(3)10-21(19)26-27(24,25)18-7-9-20-17(12-18)11-15(4)22(20)16(5)23/h6-10,12-13,15H,11H2,1-5H3. The molecule has 0 N–H and O–H groups in total. The molecule has 144 valence electrons. The Bertz CT molecular complexity index is 995. The number of carbonyl (C=O) groups is 1.